The zero-order valence-corrected chi connectivity index (χ0v) is 13.5. The van der Waals surface area contributed by atoms with Crippen LogP contribution >= 0.6 is 11.8 Å². The summed E-state index contributed by atoms with van der Waals surface area (Å²) < 4.78 is 14.1. The van der Waals surface area contributed by atoms with Gasteiger partial charge in [-0.05, 0) is 43.1 Å². The summed E-state index contributed by atoms with van der Waals surface area (Å²) in [4.78, 5) is 0.718. The van der Waals surface area contributed by atoms with Gasteiger partial charge in [0.15, 0.2) is 0 Å². The Labute approximate surface area is 131 Å². The lowest BCUT2D eigenvalue weighted by Gasteiger charge is -2.07. The molecular formula is C18H22FNS. The molecule has 21 heavy (non-hydrogen) atoms. The average molecular weight is 303 g/mol. The van der Waals surface area contributed by atoms with Crippen LogP contribution in [-0.4, -0.2) is 6.54 Å². The van der Waals surface area contributed by atoms with Crippen molar-refractivity contribution < 1.29 is 4.39 Å². The van der Waals surface area contributed by atoms with Gasteiger partial charge < -0.3 is 5.32 Å². The molecule has 0 fully saturated rings. The van der Waals surface area contributed by atoms with Gasteiger partial charge in [-0.2, -0.15) is 0 Å². The predicted molar refractivity (Wildman–Crippen MR) is 89.1 cm³/mol. The molecule has 0 spiro atoms. The molecule has 0 aliphatic heterocycles. The quantitative estimate of drug-likeness (QED) is 0.575. The van der Waals surface area contributed by atoms with Crippen LogP contribution in [0.5, 0.6) is 0 Å². The topological polar surface area (TPSA) is 12.0 Å². The zero-order chi connectivity index (χ0) is 15.1. The monoisotopic (exact) mass is 303 g/mol. The van der Waals surface area contributed by atoms with Gasteiger partial charge in [-0.25, -0.2) is 4.39 Å². The molecule has 2 rings (SSSR count). The van der Waals surface area contributed by atoms with Crippen molar-refractivity contribution in [1.82, 2.24) is 5.32 Å². The fraction of sp³-hybridized carbons (Fsp3) is 0.333. The third kappa shape index (κ3) is 5.18. The van der Waals surface area contributed by atoms with Gasteiger partial charge in [0, 0.05) is 17.2 Å². The van der Waals surface area contributed by atoms with Crippen LogP contribution in [0.2, 0.25) is 0 Å². The lowest BCUT2D eigenvalue weighted by atomic mass is 10.2. The lowest BCUT2D eigenvalue weighted by molar-refractivity contribution is 0.595. The van der Waals surface area contributed by atoms with E-state index < -0.39 is 0 Å². The standard InChI is InChI=1S/C18H22FNS/c1-3-9-20-12-15-7-8-18(17(19)11-15)21-13-16-6-4-5-14(2)10-16/h4-8,10-11,20H,3,9,12-13H2,1-2H3. The number of hydrogen-bond acceptors (Lipinski definition) is 2. The molecule has 1 nitrogen and oxygen atoms in total. The molecule has 0 aliphatic rings. The Balaban J connectivity index is 1.94. The lowest BCUT2D eigenvalue weighted by Crippen LogP contribution is -2.13. The Morgan fingerprint density at radius 2 is 1.95 bits per heavy atom. The van der Waals surface area contributed by atoms with Crippen LogP contribution in [0, 0.1) is 12.7 Å². The molecule has 0 heterocycles. The largest absolute Gasteiger partial charge is 0.313 e. The van der Waals surface area contributed by atoms with Crippen LogP contribution in [0.15, 0.2) is 47.4 Å². The highest BCUT2D eigenvalue weighted by molar-refractivity contribution is 7.98. The van der Waals surface area contributed by atoms with Gasteiger partial charge in [0.25, 0.3) is 0 Å². The molecule has 1 N–H and O–H groups in total. The summed E-state index contributed by atoms with van der Waals surface area (Å²) in [6, 6.07) is 13.9. The molecule has 0 atom stereocenters. The van der Waals surface area contributed by atoms with E-state index in [2.05, 4.69) is 37.4 Å². The second-order valence-corrected chi connectivity index (χ2v) is 6.24. The Morgan fingerprint density at radius 3 is 2.67 bits per heavy atom. The van der Waals surface area contributed by atoms with E-state index in [-0.39, 0.29) is 5.82 Å². The van der Waals surface area contributed by atoms with Gasteiger partial charge in [0.05, 0.1) is 0 Å². The molecule has 0 amide bonds. The summed E-state index contributed by atoms with van der Waals surface area (Å²) >= 11 is 1.55. The molecule has 0 saturated carbocycles. The Morgan fingerprint density at radius 1 is 1.10 bits per heavy atom. The fourth-order valence-electron chi connectivity index (χ4n) is 2.14. The van der Waals surface area contributed by atoms with Crippen molar-refractivity contribution in [2.45, 2.75) is 37.5 Å². The van der Waals surface area contributed by atoms with E-state index >= 15 is 0 Å². The van der Waals surface area contributed by atoms with E-state index in [4.69, 9.17) is 0 Å². The zero-order valence-electron chi connectivity index (χ0n) is 12.7. The van der Waals surface area contributed by atoms with Crippen molar-refractivity contribution in [2.24, 2.45) is 0 Å². The minimum atomic E-state index is -0.122. The maximum Gasteiger partial charge on any atom is 0.137 e. The number of benzene rings is 2. The summed E-state index contributed by atoms with van der Waals surface area (Å²) in [6.45, 7) is 5.89. The number of rotatable bonds is 7. The molecule has 0 bridgehead atoms. The molecule has 2 aromatic rings. The van der Waals surface area contributed by atoms with Gasteiger partial charge in [-0.1, -0.05) is 42.8 Å². The number of halogens is 1. The van der Waals surface area contributed by atoms with Crippen LogP contribution in [0.4, 0.5) is 4.39 Å². The molecular weight excluding hydrogens is 281 g/mol. The Kier molecular flexibility index (Phi) is 6.27. The van der Waals surface area contributed by atoms with Gasteiger partial charge >= 0.3 is 0 Å². The smallest absolute Gasteiger partial charge is 0.137 e. The second-order valence-electron chi connectivity index (χ2n) is 5.22. The number of thioether (sulfide) groups is 1. The minimum absolute atomic E-state index is 0.122. The molecule has 2 aromatic carbocycles. The third-order valence-electron chi connectivity index (χ3n) is 3.23. The molecule has 3 heteroatoms. The number of hydrogen-bond donors (Lipinski definition) is 1. The maximum absolute atomic E-state index is 14.1. The van der Waals surface area contributed by atoms with Gasteiger partial charge in [-0.3, -0.25) is 0 Å². The second kappa shape index (κ2) is 8.20. The first kappa shape index (κ1) is 16.1. The maximum atomic E-state index is 14.1. The number of nitrogens with one attached hydrogen (secondary N) is 1. The van der Waals surface area contributed by atoms with E-state index in [0.717, 1.165) is 35.7 Å². The van der Waals surface area contributed by atoms with Crippen LogP contribution in [0.1, 0.15) is 30.0 Å². The summed E-state index contributed by atoms with van der Waals surface area (Å²) in [5.41, 5.74) is 3.47. The van der Waals surface area contributed by atoms with E-state index in [1.54, 1.807) is 17.8 Å². The highest BCUT2D eigenvalue weighted by Crippen LogP contribution is 2.26. The first-order valence-electron chi connectivity index (χ1n) is 7.36. The van der Waals surface area contributed by atoms with Crippen molar-refractivity contribution in [1.29, 1.82) is 0 Å². The van der Waals surface area contributed by atoms with E-state index in [1.165, 1.54) is 11.1 Å². The minimum Gasteiger partial charge on any atom is -0.313 e. The van der Waals surface area contributed by atoms with Gasteiger partial charge in [0.1, 0.15) is 5.82 Å². The molecule has 0 aliphatic carbocycles. The van der Waals surface area contributed by atoms with Crippen molar-refractivity contribution in [3.63, 3.8) is 0 Å². The summed E-state index contributed by atoms with van der Waals surface area (Å²) in [7, 11) is 0. The fourth-order valence-corrected chi connectivity index (χ4v) is 3.01. The molecule has 0 radical (unpaired) electrons. The van der Waals surface area contributed by atoms with E-state index in [9.17, 15) is 4.39 Å². The van der Waals surface area contributed by atoms with Crippen molar-refractivity contribution in [3.05, 3.63) is 65.0 Å². The first-order chi connectivity index (χ1) is 10.2. The van der Waals surface area contributed by atoms with Crippen molar-refractivity contribution in [2.75, 3.05) is 6.54 Å². The molecule has 0 aromatic heterocycles. The molecule has 0 unspecified atom stereocenters. The summed E-state index contributed by atoms with van der Waals surface area (Å²) in [5, 5.41) is 3.29. The van der Waals surface area contributed by atoms with Crippen molar-refractivity contribution >= 4 is 11.8 Å². The van der Waals surface area contributed by atoms with Crippen LogP contribution in [0.3, 0.4) is 0 Å². The average Bonchev–Trinajstić information content (AvgIpc) is 2.47. The summed E-state index contributed by atoms with van der Waals surface area (Å²) in [5.74, 6) is 0.676. The summed E-state index contributed by atoms with van der Waals surface area (Å²) in [6.07, 6.45) is 1.09. The molecule has 112 valence electrons. The van der Waals surface area contributed by atoms with E-state index in [0.29, 0.717) is 0 Å². The third-order valence-corrected chi connectivity index (χ3v) is 4.35. The number of aryl methyl sites for hydroxylation is 1. The van der Waals surface area contributed by atoms with Crippen molar-refractivity contribution in [3.8, 4) is 0 Å². The Bertz CT molecular complexity index is 583. The van der Waals surface area contributed by atoms with Crippen LogP contribution in [-0.2, 0) is 12.3 Å². The highest BCUT2D eigenvalue weighted by atomic mass is 32.2. The molecule has 0 saturated heterocycles. The predicted octanol–water partition coefficient (Wildman–Crippen LogP) is 4.93. The van der Waals surface area contributed by atoms with Crippen LogP contribution in [0.25, 0.3) is 0 Å². The van der Waals surface area contributed by atoms with Gasteiger partial charge in [-0.15, -0.1) is 11.8 Å². The Hall–Kier alpha value is -1.32. The first-order valence-corrected chi connectivity index (χ1v) is 8.35. The normalized spacial score (nSPS) is 10.8. The SMILES string of the molecule is CCCNCc1ccc(SCc2cccc(C)c2)c(F)c1. The van der Waals surface area contributed by atoms with Crippen LogP contribution < -0.4 is 5.32 Å². The van der Waals surface area contributed by atoms with Gasteiger partial charge in [0.2, 0.25) is 0 Å². The van der Waals surface area contributed by atoms with E-state index in [1.807, 2.05) is 18.2 Å². The highest BCUT2D eigenvalue weighted by Gasteiger charge is 2.05.